The Morgan fingerprint density at radius 2 is 2.14 bits per heavy atom. The van der Waals surface area contributed by atoms with Crippen molar-refractivity contribution in [1.82, 2.24) is 25.1 Å². The summed E-state index contributed by atoms with van der Waals surface area (Å²) in [4.78, 5) is 16.1. The van der Waals surface area contributed by atoms with E-state index in [0.717, 1.165) is 0 Å². The van der Waals surface area contributed by atoms with Crippen molar-refractivity contribution >= 4 is 0 Å². The highest BCUT2D eigenvalue weighted by Gasteiger charge is 2.13. The third-order valence-corrected chi connectivity index (χ3v) is 2.63. The monoisotopic (exact) mass is 280 g/mol. The third-order valence-electron chi connectivity index (χ3n) is 2.63. The summed E-state index contributed by atoms with van der Waals surface area (Å²) in [5, 5.41) is 12.7. The van der Waals surface area contributed by atoms with E-state index >= 15 is 0 Å². The van der Waals surface area contributed by atoms with Crippen molar-refractivity contribution in [3.05, 3.63) is 36.4 Å². The Bertz CT molecular complexity index is 823. The van der Waals surface area contributed by atoms with Crippen LogP contribution in [0.25, 0.3) is 23.0 Å². The molecule has 0 atom stereocenters. The van der Waals surface area contributed by atoms with E-state index in [4.69, 9.17) is 14.5 Å². The highest BCUT2D eigenvalue weighted by molar-refractivity contribution is 5.58. The van der Waals surface area contributed by atoms with E-state index in [2.05, 4.69) is 25.1 Å². The first-order valence-corrected chi connectivity index (χ1v) is 5.87. The zero-order valence-electron chi connectivity index (χ0n) is 10.9. The first-order chi connectivity index (χ1) is 10.3. The second kappa shape index (κ2) is 5.34. The number of aromatic nitrogens is 5. The van der Waals surface area contributed by atoms with Crippen LogP contribution in [-0.2, 0) is 0 Å². The first-order valence-electron chi connectivity index (χ1n) is 5.87. The van der Waals surface area contributed by atoms with E-state index in [9.17, 15) is 0 Å². The molecule has 21 heavy (non-hydrogen) atoms. The number of nitrogens with zero attached hydrogens (tertiary/aromatic N) is 6. The average Bonchev–Trinajstić information content (AvgIpc) is 3.05. The van der Waals surface area contributed by atoms with Crippen LogP contribution in [0, 0.1) is 11.3 Å². The number of rotatable bonds is 3. The topological polar surface area (TPSA) is 111 Å². The van der Waals surface area contributed by atoms with E-state index in [1.807, 2.05) is 6.07 Å². The van der Waals surface area contributed by atoms with Gasteiger partial charge < -0.3 is 9.26 Å². The molecule has 0 fully saturated rings. The molecule has 0 radical (unpaired) electrons. The maximum Gasteiger partial charge on any atom is 0.258 e. The van der Waals surface area contributed by atoms with Gasteiger partial charge in [0, 0.05) is 17.8 Å². The number of hydrogen-bond acceptors (Lipinski definition) is 8. The molecule has 0 aliphatic carbocycles. The molecule has 0 amide bonds. The lowest BCUT2D eigenvalue weighted by Gasteiger charge is -1.97. The van der Waals surface area contributed by atoms with Gasteiger partial charge in [-0.2, -0.15) is 10.2 Å². The van der Waals surface area contributed by atoms with Gasteiger partial charge in [0.15, 0.2) is 0 Å². The molecular formula is C13H8N6O2. The lowest BCUT2D eigenvalue weighted by molar-refractivity contribution is 0.397. The van der Waals surface area contributed by atoms with Crippen molar-refractivity contribution in [3.8, 4) is 34.9 Å². The van der Waals surface area contributed by atoms with Crippen LogP contribution in [0.5, 0.6) is 5.88 Å². The average molecular weight is 280 g/mol. The van der Waals surface area contributed by atoms with Crippen molar-refractivity contribution < 1.29 is 9.26 Å². The minimum absolute atomic E-state index is 0.274. The van der Waals surface area contributed by atoms with Gasteiger partial charge in [-0.15, -0.1) is 0 Å². The molecule has 0 spiro atoms. The van der Waals surface area contributed by atoms with Gasteiger partial charge in [0.2, 0.25) is 11.7 Å². The van der Waals surface area contributed by atoms with Crippen molar-refractivity contribution in [2.45, 2.75) is 0 Å². The predicted octanol–water partition coefficient (Wildman–Crippen LogP) is 1.47. The fraction of sp³-hybridized carbons (Fsp3) is 0.0769. The molecule has 0 saturated heterocycles. The Morgan fingerprint density at radius 3 is 2.95 bits per heavy atom. The van der Waals surface area contributed by atoms with Gasteiger partial charge in [0.1, 0.15) is 23.8 Å². The molecule has 0 bridgehead atoms. The van der Waals surface area contributed by atoms with Crippen molar-refractivity contribution in [2.75, 3.05) is 7.11 Å². The smallest absolute Gasteiger partial charge is 0.258 e. The summed E-state index contributed by atoms with van der Waals surface area (Å²) in [5.74, 6) is 0.990. The zero-order chi connectivity index (χ0) is 14.7. The third kappa shape index (κ3) is 2.52. The van der Waals surface area contributed by atoms with E-state index in [1.54, 1.807) is 18.2 Å². The molecule has 3 aromatic rings. The summed E-state index contributed by atoms with van der Waals surface area (Å²) in [6.45, 7) is 0. The van der Waals surface area contributed by atoms with Gasteiger partial charge in [-0.25, -0.2) is 15.0 Å². The van der Waals surface area contributed by atoms with Crippen LogP contribution in [0.1, 0.15) is 5.69 Å². The van der Waals surface area contributed by atoms with Crippen LogP contribution in [0.15, 0.2) is 35.2 Å². The molecule has 3 aromatic heterocycles. The van der Waals surface area contributed by atoms with Gasteiger partial charge in [-0.3, -0.25) is 0 Å². The van der Waals surface area contributed by atoms with Gasteiger partial charge >= 0.3 is 0 Å². The number of pyridine rings is 1. The minimum atomic E-state index is 0.274. The summed E-state index contributed by atoms with van der Waals surface area (Å²) in [6, 6.07) is 6.80. The Hall–Kier alpha value is -3.34. The zero-order valence-corrected chi connectivity index (χ0v) is 10.9. The summed E-state index contributed by atoms with van der Waals surface area (Å²) in [5.41, 5.74) is 1.36. The molecule has 0 aliphatic rings. The lowest BCUT2D eigenvalue weighted by Crippen LogP contribution is -1.92. The first kappa shape index (κ1) is 12.7. The van der Waals surface area contributed by atoms with Crippen molar-refractivity contribution in [3.63, 3.8) is 0 Å². The number of methoxy groups -OCH3 is 1. The second-order valence-corrected chi connectivity index (χ2v) is 3.91. The van der Waals surface area contributed by atoms with Crippen LogP contribution >= 0.6 is 0 Å². The van der Waals surface area contributed by atoms with E-state index in [-0.39, 0.29) is 11.6 Å². The van der Waals surface area contributed by atoms with Crippen LogP contribution in [0.2, 0.25) is 0 Å². The quantitative estimate of drug-likeness (QED) is 0.709. The fourth-order valence-electron chi connectivity index (χ4n) is 1.64. The molecule has 0 saturated carbocycles. The molecular weight excluding hydrogens is 272 g/mol. The standard InChI is InChI=1S/C13H8N6O2/c1-20-11-5-10(16-7-17-11)12-18-13(21-19-12)8-2-3-15-9(4-8)6-14/h2-5,7H,1H3. The van der Waals surface area contributed by atoms with E-state index in [0.29, 0.717) is 23.0 Å². The maximum atomic E-state index is 8.84. The highest BCUT2D eigenvalue weighted by Crippen LogP contribution is 2.22. The Morgan fingerprint density at radius 1 is 1.24 bits per heavy atom. The molecule has 0 aromatic carbocycles. The van der Waals surface area contributed by atoms with Crippen molar-refractivity contribution in [2.24, 2.45) is 0 Å². The molecule has 8 heteroatoms. The van der Waals surface area contributed by atoms with Crippen LogP contribution in [0.4, 0.5) is 0 Å². The van der Waals surface area contributed by atoms with Gasteiger partial charge in [0.25, 0.3) is 5.89 Å². The number of hydrogen-bond donors (Lipinski definition) is 0. The summed E-state index contributed by atoms with van der Waals surface area (Å²) < 4.78 is 10.2. The highest BCUT2D eigenvalue weighted by atomic mass is 16.5. The number of ether oxygens (including phenoxy) is 1. The Balaban J connectivity index is 1.97. The summed E-state index contributed by atoms with van der Waals surface area (Å²) >= 11 is 0. The Kier molecular flexibility index (Phi) is 3.22. The molecule has 0 unspecified atom stereocenters. The lowest BCUT2D eigenvalue weighted by atomic mass is 10.2. The van der Waals surface area contributed by atoms with Crippen LogP contribution in [-0.4, -0.2) is 32.2 Å². The largest absolute Gasteiger partial charge is 0.481 e. The van der Waals surface area contributed by atoms with Crippen molar-refractivity contribution in [1.29, 1.82) is 5.26 Å². The van der Waals surface area contributed by atoms with Crippen LogP contribution < -0.4 is 4.74 Å². The SMILES string of the molecule is COc1cc(-c2noc(-c3ccnc(C#N)c3)n2)ncn1. The van der Waals surface area contributed by atoms with Crippen LogP contribution in [0.3, 0.4) is 0 Å². The molecule has 0 N–H and O–H groups in total. The maximum absolute atomic E-state index is 8.84. The van der Waals surface area contributed by atoms with E-state index < -0.39 is 0 Å². The predicted molar refractivity (Wildman–Crippen MR) is 69.8 cm³/mol. The van der Waals surface area contributed by atoms with Gasteiger partial charge in [0.05, 0.1) is 7.11 Å². The fourth-order valence-corrected chi connectivity index (χ4v) is 1.64. The normalized spacial score (nSPS) is 10.1. The molecule has 0 aliphatic heterocycles. The molecule has 3 heterocycles. The summed E-state index contributed by atoms with van der Waals surface area (Å²) in [7, 11) is 1.51. The molecule has 8 nitrogen and oxygen atoms in total. The van der Waals surface area contributed by atoms with E-state index in [1.165, 1.54) is 19.6 Å². The Labute approximate surface area is 119 Å². The number of nitriles is 1. The molecule has 102 valence electrons. The minimum Gasteiger partial charge on any atom is -0.481 e. The van der Waals surface area contributed by atoms with Gasteiger partial charge in [-0.1, -0.05) is 5.16 Å². The van der Waals surface area contributed by atoms with Gasteiger partial charge in [-0.05, 0) is 12.1 Å². The molecule has 3 rings (SSSR count). The second-order valence-electron chi connectivity index (χ2n) is 3.91. The summed E-state index contributed by atoms with van der Waals surface area (Å²) in [6.07, 6.45) is 2.86.